The molecule has 3 heteroatoms. The van der Waals surface area contributed by atoms with E-state index >= 15 is 0 Å². The lowest BCUT2D eigenvalue weighted by atomic mass is 10.0. The number of nitrogens with zero attached hydrogens (tertiary/aromatic N) is 2. The van der Waals surface area contributed by atoms with E-state index in [9.17, 15) is 0 Å². The molecule has 0 aromatic carbocycles. The summed E-state index contributed by atoms with van der Waals surface area (Å²) in [6.45, 7) is 7.54. The summed E-state index contributed by atoms with van der Waals surface area (Å²) in [7, 11) is 0. The van der Waals surface area contributed by atoms with Crippen LogP contribution < -0.4 is 0 Å². The van der Waals surface area contributed by atoms with E-state index in [2.05, 4.69) is 16.6 Å². The second kappa shape index (κ2) is 3.27. The SMILES string of the molecule is C=CCO/N=C1/CN2CCC1C2. The van der Waals surface area contributed by atoms with Gasteiger partial charge in [-0.2, -0.15) is 0 Å². The molecule has 0 N–H and O–H groups in total. The van der Waals surface area contributed by atoms with E-state index in [1.54, 1.807) is 6.08 Å². The Hall–Kier alpha value is -0.830. The zero-order valence-electron chi connectivity index (χ0n) is 7.20. The third kappa shape index (κ3) is 1.37. The molecule has 2 saturated heterocycles. The van der Waals surface area contributed by atoms with Gasteiger partial charge >= 0.3 is 0 Å². The summed E-state index contributed by atoms with van der Waals surface area (Å²) in [6, 6.07) is 0. The van der Waals surface area contributed by atoms with Crippen LogP contribution in [0.3, 0.4) is 0 Å². The van der Waals surface area contributed by atoms with Crippen LogP contribution in [0.2, 0.25) is 0 Å². The van der Waals surface area contributed by atoms with Crippen LogP contribution in [0.4, 0.5) is 0 Å². The minimum atomic E-state index is 0.524. The number of fused-ring (bicyclic) bond motifs is 2. The summed E-state index contributed by atoms with van der Waals surface area (Å²) in [5.74, 6) is 0.676. The molecular formula is C9H14N2O. The van der Waals surface area contributed by atoms with E-state index in [-0.39, 0.29) is 0 Å². The highest BCUT2D eigenvalue weighted by Gasteiger charge is 2.35. The van der Waals surface area contributed by atoms with Gasteiger partial charge in [0.15, 0.2) is 0 Å². The normalized spacial score (nSPS) is 35.8. The lowest BCUT2D eigenvalue weighted by Gasteiger charge is -2.12. The summed E-state index contributed by atoms with van der Waals surface area (Å²) in [6.07, 6.45) is 2.98. The maximum atomic E-state index is 5.06. The van der Waals surface area contributed by atoms with Gasteiger partial charge in [-0.25, -0.2) is 0 Å². The molecular weight excluding hydrogens is 152 g/mol. The van der Waals surface area contributed by atoms with Crippen molar-refractivity contribution in [1.29, 1.82) is 0 Å². The molecule has 0 amide bonds. The third-order valence-electron chi connectivity index (χ3n) is 2.50. The lowest BCUT2D eigenvalue weighted by molar-refractivity contribution is 0.172. The quantitative estimate of drug-likeness (QED) is 0.353. The fourth-order valence-electron chi connectivity index (χ4n) is 1.88. The molecule has 66 valence electrons. The van der Waals surface area contributed by atoms with Gasteiger partial charge < -0.3 is 4.84 Å². The predicted octanol–water partition coefficient (Wildman–Crippen LogP) is 0.880. The van der Waals surface area contributed by atoms with Crippen molar-refractivity contribution >= 4 is 5.71 Å². The highest BCUT2D eigenvalue weighted by molar-refractivity contribution is 5.91. The van der Waals surface area contributed by atoms with Crippen molar-refractivity contribution in [2.24, 2.45) is 11.1 Å². The summed E-state index contributed by atoms with van der Waals surface area (Å²) < 4.78 is 0. The summed E-state index contributed by atoms with van der Waals surface area (Å²) >= 11 is 0. The standard InChI is InChI=1S/C9H14N2O/c1-2-5-12-10-9-7-11-4-3-8(9)6-11/h2,8H,1,3-7H2/b10-9-. The largest absolute Gasteiger partial charge is 0.392 e. The predicted molar refractivity (Wildman–Crippen MR) is 48.1 cm³/mol. The molecule has 2 bridgehead atoms. The molecule has 0 aromatic heterocycles. The number of piperidine rings is 1. The Balaban J connectivity index is 1.88. The summed E-state index contributed by atoms with van der Waals surface area (Å²) in [5.41, 5.74) is 1.23. The zero-order valence-corrected chi connectivity index (χ0v) is 7.20. The Morgan fingerprint density at radius 2 is 2.67 bits per heavy atom. The lowest BCUT2D eigenvalue weighted by Crippen LogP contribution is -2.23. The average Bonchev–Trinajstić information content (AvgIpc) is 2.65. The van der Waals surface area contributed by atoms with Crippen LogP contribution in [0, 0.1) is 5.92 Å². The highest BCUT2D eigenvalue weighted by Crippen LogP contribution is 2.25. The van der Waals surface area contributed by atoms with Crippen LogP contribution in [0.5, 0.6) is 0 Å². The number of rotatable bonds is 3. The molecule has 2 unspecified atom stereocenters. The van der Waals surface area contributed by atoms with E-state index in [1.165, 1.54) is 25.2 Å². The molecule has 12 heavy (non-hydrogen) atoms. The second-order valence-corrected chi connectivity index (χ2v) is 3.39. The van der Waals surface area contributed by atoms with Gasteiger partial charge in [0.25, 0.3) is 0 Å². The number of hydrogen-bond acceptors (Lipinski definition) is 3. The first kappa shape index (κ1) is 7.80. The van der Waals surface area contributed by atoms with Crippen LogP contribution >= 0.6 is 0 Å². The van der Waals surface area contributed by atoms with Gasteiger partial charge in [0.05, 0.1) is 5.71 Å². The molecule has 0 spiro atoms. The van der Waals surface area contributed by atoms with Gasteiger partial charge in [-0.1, -0.05) is 17.8 Å². The van der Waals surface area contributed by atoms with E-state index < -0.39 is 0 Å². The molecule has 2 rings (SSSR count). The Kier molecular flexibility index (Phi) is 2.13. The maximum absolute atomic E-state index is 5.06. The van der Waals surface area contributed by atoms with Gasteiger partial charge in [0.2, 0.25) is 0 Å². The van der Waals surface area contributed by atoms with Crippen LogP contribution in [0.25, 0.3) is 0 Å². The molecule has 0 aliphatic carbocycles. The fraction of sp³-hybridized carbons (Fsp3) is 0.667. The van der Waals surface area contributed by atoms with Gasteiger partial charge in [-0.05, 0) is 13.0 Å². The third-order valence-corrected chi connectivity index (χ3v) is 2.50. The Morgan fingerprint density at radius 1 is 1.75 bits per heavy atom. The van der Waals surface area contributed by atoms with Crippen LogP contribution in [-0.4, -0.2) is 36.9 Å². The minimum absolute atomic E-state index is 0.524. The van der Waals surface area contributed by atoms with Crippen LogP contribution in [-0.2, 0) is 4.84 Å². The minimum Gasteiger partial charge on any atom is -0.392 e. The van der Waals surface area contributed by atoms with E-state index in [0.29, 0.717) is 12.5 Å². The van der Waals surface area contributed by atoms with Gasteiger partial charge in [-0.3, -0.25) is 4.90 Å². The zero-order chi connectivity index (χ0) is 8.39. The molecule has 0 radical (unpaired) electrons. The van der Waals surface area contributed by atoms with Crippen molar-refractivity contribution in [3.8, 4) is 0 Å². The van der Waals surface area contributed by atoms with Gasteiger partial charge in [0.1, 0.15) is 6.61 Å². The van der Waals surface area contributed by atoms with Crippen molar-refractivity contribution in [3.63, 3.8) is 0 Å². The fourth-order valence-corrected chi connectivity index (χ4v) is 1.88. The van der Waals surface area contributed by atoms with E-state index in [1.807, 2.05) is 0 Å². The topological polar surface area (TPSA) is 24.8 Å². The molecule has 2 heterocycles. The highest BCUT2D eigenvalue weighted by atomic mass is 16.6. The molecule has 2 aliphatic rings. The average molecular weight is 166 g/mol. The maximum Gasteiger partial charge on any atom is 0.135 e. The van der Waals surface area contributed by atoms with Crippen LogP contribution in [0.15, 0.2) is 17.8 Å². The Bertz CT molecular complexity index is 213. The molecule has 2 atom stereocenters. The Labute approximate surface area is 72.7 Å². The summed E-state index contributed by atoms with van der Waals surface area (Å²) in [4.78, 5) is 7.48. The first-order chi connectivity index (χ1) is 5.90. The smallest absolute Gasteiger partial charge is 0.135 e. The molecule has 0 saturated carbocycles. The van der Waals surface area contributed by atoms with Crippen molar-refractivity contribution in [1.82, 2.24) is 4.90 Å². The van der Waals surface area contributed by atoms with E-state index in [0.717, 1.165) is 6.54 Å². The van der Waals surface area contributed by atoms with Gasteiger partial charge in [0, 0.05) is 19.0 Å². The van der Waals surface area contributed by atoms with Crippen molar-refractivity contribution in [2.75, 3.05) is 26.2 Å². The molecule has 2 aliphatic heterocycles. The molecule has 0 aromatic rings. The molecule has 2 fully saturated rings. The number of oxime groups is 1. The first-order valence-electron chi connectivity index (χ1n) is 4.42. The van der Waals surface area contributed by atoms with Crippen LogP contribution in [0.1, 0.15) is 6.42 Å². The van der Waals surface area contributed by atoms with Gasteiger partial charge in [-0.15, -0.1) is 0 Å². The monoisotopic (exact) mass is 166 g/mol. The molecule has 3 nitrogen and oxygen atoms in total. The number of hydrogen-bond donors (Lipinski definition) is 0. The Morgan fingerprint density at radius 3 is 3.25 bits per heavy atom. The first-order valence-corrected chi connectivity index (χ1v) is 4.42. The van der Waals surface area contributed by atoms with E-state index in [4.69, 9.17) is 4.84 Å². The van der Waals surface area contributed by atoms with Crippen molar-refractivity contribution in [2.45, 2.75) is 6.42 Å². The summed E-state index contributed by atoms with van der Waals surface area (Å²) in [5, 5.41) is 4.10. The van der Waals surface area contributed by atoms with Crippen molar-refractivity contribution < 1.29 is 4.84 Å². The second-order valence-electron chi connectivity index (χ2n) is 3.39. The van der Waals surface area contributed by atoms with Crippen molar-refractivity contribution in [3.05, 3.63) is 12.7 Å².